The van der Waals surface area contributed by atoms with Gasteiger partial charge in [-0.05, 0) is 19.8 Å². The molecule has 0 aliphatic heterocycles. The van der Waals surface area contributed by atoms with Gasteiger partial charge in [0.25, 0.3) is 0 Å². The Morgan fingerprint density at radius 1 is 1.62 bits per heavy atom. The van der Waals surface area contributed by atoms with Gasteiger partial charge in [-0.15, -0.1) is 11.3 Å². The second kappa shape index (κ2) is 4.51. The Morgan fingerprint density at radius 3 is 2.88 bits per heavy atom. The maximum Gasteiger partial charge on any atom is 0.230 e. The summed E-state index contributed by atoms with van der Waals surface area (Å²) in [6, 6.07) is -0.136. The predicted octanol–water partition coefficient (Wildman–Crippen LogP) is 1.94. The zero-order valence-electron chi connectivity index (χ0n) is 9.56. The summed E-state index contributed by atoms with van der Waals surface area (Å²) in [5.74, 6) is 0.396. The number of thiazole rings is 1. The van der Waals surface area contributed by atoms with Crippen LogP contribution in [0.15, 0.2) is 5.38 Å². The lowest BCUT2D eigenvalue weighted by Crippen LogP contribution is -2.34. The Morgan fingerprint density at radius 2 is 2.31 bits per heavy atom. The van der Waals surface area contributed by atoms with Crippen molar-refractivity contribution in [3.05, 3.63) is 11.1 Å². The Kier molecular flexibility index (Phi) is 3.25. The van der Waals surface area contributed by atoms with Crippen molar-refractivity contribution in [2.24, 2.45) is 11.7 Å². The van der Waals surface area contributed by atoms with Crippen molar-refractivity contribution in [1.29, 1.82) is 0 Å². The van der Waals surface area contributed by atoms with Gasteiger partial charge in [0, 0.05) is 17.3 Å². The van der Waals surface area contributed by atoms with E-state index >= 15 is 0 Å². The van der Waals surface area contributed by atoms with E-state index in [9.17, 15) is 4.79 Å². The molecule has 16 heavy (non-hydrogen) atoms. The third-order valence-electron chi connectivity index (χ3n) is 2.95. The summed E-state index contributed by atoms with van der Waals surface area (Å²) < 4.78 is 0. The van der Waals surface area contributed by atoms with Gasteiger partial charge in [-0.2, -0.15) is 0 Å². The monoisotopic (exact) mass is 239 g/mol. The fourth-order valence-corrected chi connectivity index (χ4v) is 2.16. The highest BCUT2D eigenvalue weighted by Crippen LogP contribution is 2.40. The summed E-state index contributed by atoms with van der Waals surface area (Å²) in [5.41, 5.74) is 6.80. The van der Waals surface area contributed by atoms with Crippen LogP contribution in [-0.4, -0.2) is 16.9 Å². The highest BCUT2D eigenvalue weighted by atomic mass is 32.1. The predicted molar refractivity (Wildman–Crippen MR) is 65.5 cm³/mol. The van der Waals surface area contributed by atoms with E-state index in [1.54, 1.807) is 0 Å². The molecule has 0 spiro atoms. The largest absolute Gasteiger partial charge is 0.327 e. The molecule has 2 unspecified atom stereocenters. The van der Waals surface area contributed by atoms with E-state index in [1.807, 2.05) is 19.2 Å². The van der Waals surface area contributed by atoms with Crippen LogP contribution in [0.25, 0.3) is 0 Å². The highest BCUT2D eigenvalue weighted by molar-refractivity contribution is 7.13. The molecule has 1 heterocycles. The van der Waals surface area contributed by atoms with Crippen LogP contribution < -0.4 is 11.1 Å². The Hall–Kier alpha value is -0.940. The molecule has 0 saturated heterocycles. The van der Waals surface area contributed by atoms with Crippen molar-refractivity contribution < 1.29 is 4.79 Å². The third-order valence-corrected chi connectivity index (χ3v) is 3.73. The van der Waals surface area contributed by atoms with Gasteiger partial charge in [0.1, 0.15) is 0 Å². The van der Waals surface area contributed by atoms with Crippen LogP contribution in [0.4, 0.5) is 5.13 Å². The number of hydrogen-bond donors (Lipinski definition) is 2. The van der Waals surface area contributed by atoms with Crippen molar-refractivity contribution in [2.45, 2.75) is 38.6 Å². The van der Waals surface area contributed by atoms with Gasteiger partial charge < -0.3 is 11.1 Å². The molecule has 1 saturated carbocycles. The van der Waals surface area contributed by atoms with Crippen molar-refractivity contribution >= 4 is 22.4 Å². The number of nitrogens with zero attached hydrogens (tertiary/aromatic N) is 1. The number of nitrogens with two attached hydrogens (primary N) is 1. The zero-order valence-corrected chi connectivity index (χ0v) is 10.4. The number of nitrogens with one attached hydrogen (secondary N) is 1. The van der Waals surface area contributed by atoms with Gasteiger partial charge >= 0.3 is 0 Å². The second-order valence-electron chi connectivity index (χ2n) is 4.49. The summed E-state index contributed by atoms with van der Waals surface area (Å²) in [4.78, 5) is 16.1. The minimum absolute atomic E-state index is 0.0494. The summed E-state index contributed by atoms with van der Waals surface area (Å²) in [7, 11) is 0. The van der Waals surface area contributed by atoms with Gasteiger partial charge in [0.2, 0.25) is 5.91 Å². The highest BCUT2D eigenvalue weighted by Gasteiger charge is 2.26. The summed E-state index contributed by atoms with van der Waals surface area (Å²) >= 11 is 1.49. The van der Waals surface area contributed by atoms with Crippen LogP contribution in [0.2, 0.25) is 0 Å². The van der Waals surface area contributed by atoms with Gasteiger partial charge in [0.15, 0.2) is 5.13 Å². The first kappa shape index (κ1) is 11.5. The van der Waals surface area contributed by atoms with E-state index in [-0.39, 0.29) is 17.9 Å². The summed E-state index contributed by atoms with van der Waals surface area (Å²) in [6.07, 6.45) is 2.46. The number of aromatic nitrogens is 1. The maximum atomic E-state index is 11.7. The number of anilines is 1. The van der Waals surface area contributed by atoms with Crippen LogP contribution in [-0.2, 0) is 4.79 Å². The molecule has 4 nitrogen and oxygen atoms in total. The first-order valence-electron chi connectivity index (χ1n) is 5.60. The molecular formula is C11H17N3OS. The van der Waals surface area contributed by atoms with Crippen LogP contribution in [0, 0.1) is 5.92 Å². The number of carbonyl (C=O) groups is 1. The lowest BCUT2D eigenvalue weighted by Gasteiger charge is -2.13. The Balaban J connectivity index is 1.94. The molecule has 5 heteroatoms. The topological polar surface area (TPSA) is 68.0 Å². The fraction of sp³-hybridized carbons (Fsp3) is 0.636. The van der Waals surface area contributed by atoms with E-state index in [2.05, 4.69) is 10.3 Å². The van der Waals surface area contributed by atoms with Gasteiger partial charge in [-0.25, -0.2) is 4.98 Å². The minimum Gasteiger partial charge on any atom is -0.327 e. The van der Waals surface area contributed by atoms with Crippen LogP contribution in [0.1, 0.15) is 38.3 Å². The first-order chi connectivity index (χ1) is 7.58. The molecule has 2 atom stereocenters. The lowest BCUT2D eigenvalue weighted by atomic mass is 10.0. The molecule has 1 aliphatic carbocycles. The smallest absolute Gasteiger partial charge is 0.230 e. The minimum atomic E-state index is -0.187. The summed E-state index contributed by atoms with van der Waals surface area (Å²) in [5, 5.41) is 5.54. The van der Waals surface area contributed by atoms with Crippen molar-refractivity contribution in [3.63, 3.8) is 0 Å². The average Bonchev–Trinajstić information content (AvgIpc) is 2.99. The SMILES string of the molecule is CC(N)C(C)C(=O)Nc1nc(C2CC2)cs1. The molecule has 3 N–H and O–H groups in total. The van der Waals surface area contributed by atoms with Crippen LogP contribution >= 0.6 is 11.3 Å². The molecule has 0 radical (unpaired) electrons. The molecular weight excluding hydrogens is 222 g/mol. The molecule has 1 fully saturated rings. The molecule has 0 bridgehead atoms. The molecule has 1 aliphatic rings. The molecule has 2 rings (SSSR count). The fourth-order valence-electron chi connectivity index (χ4n) is 1.37. The number of carbonyl (C=O) groups excluding carboxylic acids is 1. The molecule has 1 amide bonds. The molecule has 0 aromatic carbocycles. The van der Waals surface area contributed by atoms with Gasteiger partial charge in [-0.1, -0.05) is 6.92 Å². The quantitative estimate of drug-likeness (QED) is 0.843. The standard InChI is InChI=1S/C11H17N3OS/c1-6(7(2)12)10(15)14-11-13-9(5-16-11)8-3-4-8/h5-8H,3-4,12H2,1-2H3,(H,13,14,15). The molecule has 1 aromatic heterocycles. The Bertz CT molecular complexity index is 384. The van der Waals surface area contributed by atoms with Crippen LogP contribution in [0.5, 0.6) is 0 Å². The molecule has 88 valence electrons. The molecule has 1 aromatic rings. The van der Waals surface area contributed by atoms with Crippen molar-refractivity contribution in [3.8, 4) is 0 Å². The number of hydrogen-bond acceptors (Lipinski definition) is 4. The normalized spacial score (nSPS) is 19.2. The van der Waals surface area contributed by atoms with Gasteiger partial charge in [0.05, 0.1) is 11.6 Å². The number of amides is 1. The zero-order chi connectivity index (χ0) is 11.7. The number of rotatable bonds is 4. The van der Waals surface area contributed by atoms with Crippen molar-refractivity contribution in [1.82, 2.24) is 4.98 Å². The lowest BCUT2D eigenvalue weighted by molar-refractivity contribution is -0.119. The van der Waals surface area contributed by atoms with Crippen molar-refractivity contribution in [2.75, 3.05) is 5.32 Å². The third kappa shape index (κ3) is 2.59. The average molecular weight is 239 g/mol. The summed E-state index contributed by atoms with van der Waals surface area (Å²) in [6.45, 7) is 3.66. The van der Waals surface area contributed by atoms with E-state index in [0.29, 0.717) is 11.0 Å². The maximum absolute atomic E-state index is 11.7. The Labute approximate surface area is 99.3 Å². The second-order valence-corrected chi connectivity index (χ2v) is 5.35. The van der Waals surface area contributed by atoms with E-state index in [4.69, 9.17) is 5.73 Å². The van der Waals surface area contributed by atoms with Crippen LogP contribution in [0.3, 0.4) is 0 Å². The first-order valence-corrected chi connectivity index (χ1v) is 6.47. The van der Waals surface area contributed by atoms with E-state index in [1.165, 1.54) is 24.2 Å². The van der Waals surface area contributed by atoms with E-state index < -0.39 is 0 Å². The van der Waals surface area contributed by atoms with Gasteiger partial charge in [-0.3, -0.25) is 4.79 Å². The van der Waals surface area contributed by atoms with E-state index in [0.717, 1.165) is 5.69 Å².